The molecule has 1 fully saturated rings. The average Bonchev–Trinajstić information content (AvgIpc) is 3.06. The van der Waals surface area contributed by atoms with Crippen LogP contribution in [0.5, 0.6) is 0 Å². The molecule has 0 aromatic heterocycles. The van der Waals surface area contributed by atoms with Gasteiger partial charge in [0.05, 0.1) is 0 Å². The van der Waals surface area contributed by atoms with Crippen LogP contribution in [-0.4, -0.2) is 62.0 Å². The van der Waals surface area contributed by atoms with E-state index in [9.17, 15) is 0 Å². The SMILES string of the molecule is CN1CCC(c2ccccc2)[N-]CCC(c2ccccc2)N(C)CCC(c2ccccc2)N(C)CCC1c1ccccc1.[Cl-].[Cl-].[Cl-].[Ti+4]. The Balaban J connectivity index is 0.00000276. The van der Waals surface area contributed by atoms with E-state index in [-0.39, 0.29) is 65.0 Å². The second-order valence-electron chi connectivity index (χ2n) is 12.2. The summed E-state index contributed by atoms with van der Waals surface area (Å²) in [5, 5.41) is 5.38. The maximum Gasteiger partial charge on any atom is 4.00 e. The molecule has 4 aromatic rings. The van der Waals surface area contributed by atoms with E-state index in [0.717, 1.165) is 51.9 Å². The average molecular weight is 728 g/mol. The fraction of sp³-hybridized carbons (Fsp3) is 0.385. The summed E-state index contributed by atoms with van der Waals surface area (Å²) in [5.41, 5.74) is 5.51. The molecule has 0 aliphatic carbocycles. The normalized spacial score (nSPS) is 22.4. The van der Waals surface area contributed by atoms with Crippen LogP contribution in [0.1, 0.15) is 72.1 Å². The van der Waals surface area contributed by atoms with Gasteiger partial charge >= 0.3 is 21.7 Å². The third-order valence-corrected chi connectivity index (χ3v) is 9.35. The van der Waals surface area contributed by atoms with Crippen molar-refractivity contribution < 1.29 is 58.9 Å². The van der Waals surface area contributed by atoms with Gasteiger partial charge in [-0.2, -0.15) is 0 Å². The van der Waals surface area contributed by atoms with Crippen molar-refractivity contribution in [1.29, 1.82) is 0 Å². The van der Waals surface area contributed by atoms with E-state index in [1.807, 2.05) is 0 Å². The predicted molar refractivity (Wildman–Crippen MR) is 181 cm³/mol. The molecular formula is C39H49Cl3N4Ti. The number of benzene rings is 4. The van der Waals surface area contributed by atoms with Gasteiger partial charge in [-0.3, -0.25) is 14.7 Å². The number of nitrogens with zero attached hydrogens (tertiary/aromatic N) is 4. The molecule has 4 unspecified atom stereocenters. The van der Waals surface area contributed by atoms with Gasteiger partial charge in [0.2, 0.25) is 0 Å². The smallest absolute Gasteiger partial charge is 1.00 e. The molecule has 8 heteroatoms. The van der Waals surface area contributed by atoms with Crippen LogP contribution < -0.4 is 37.2 Å². The fourth-order valence-electron chi connectivity index (χ4n) is 6.79. The fourth-order valence-corrected chi connectivity index (χ4v) is 6.79. The second kappa shape index (κ2) is 22.8. The molecule has 4 atom stereocenters. The van der Waals surface area contributed by atoms with E-state index in [0.29, 0.717) is 18.1 Å². The molecule has 47 heavy (non-hydrogen) atoms. The van der Waals surface area contributed by atoms with Gasteiger partial charge in [0.15, 0.2) is 0 Å². The van der Waals surface area contributed by atoms with Gasteiger partial charge in [-0.1, -0.05) is 140 Å². The second-order valence-corrected chi connectivity index (χ2v) is 12.2. The summed E-state index contributed by atoms with van der Waals surface area (Å²) in [4.78, 5) is 7.73. The predicted octanol–water partition coefficient (Wildman–Crippen LogP) is -0.296. The van der Waals surface area contributed by atoms with Crippen LogP contribution in [0.15, 0.2) is 121 Å². The van der Waals surface area contributed by atoms with E-state index in [1.54, 1.807) is 0 Å². The van der Waals surface area contributed by atoms with Gasteiger partial charge in [0.1, 0.15) is 0 Å². The third-order valence-electron chi connectivity index (χ3n) is 9.35. The Morgan fingerprint density at radius 2 is 0.723 bits per heavy atom. The summed E-state index contributed by atoms with van der Waals surface area (Å²) in [5.74, 6) is 0. The molecule has 1 aliphatic heterocycles. The van der Waals surface area contributed by atoms with Crippen molar-refractivity contribution >= 4 is 0 Å². The Kier molecular flexibility index (Phi) is 21.1. The zero-order chi connectivity index (χ0) is 29.9. The zero-order valence-electron chi connectivity index (χ0n) is 27.9. The number of hydrogen-bond donors (Lipinski definition) is 0. The Morgan fingerprint density at radius 3 is 1.09 bits per heavy atom. The monoisotopic (exact) mass is 726 g/mol. The first-order valence-electron chi connectivity index (χ1n) is 16.1. The molecule has 5 rings (SSSR count). The van der Waals surface area contributed by atoms with Gasteiger partial charge in [-0.25, -0.2) is 0 Å². The van der Waals surface area contributed by atoms with Crippen LogP contribution in [0.25, 0.3) is 5.32 Å². The number of hydrogen-bond acceptors (Lipinski definition) is 3. The van der Waals surface area contributed by atoms with Gasteiger partial charge in [0, 0.05) is 31.2 Å². The molecule has 1 saturated heterocycles. The summed E-state index contributed by atoms with van der Waals surface area (Å²) in [7, 11) is 6.93. The van der Waals surface area contributed by atoms with E-state index in [2.05, 4.69) is 157 Å². The van der Waals surface area contributed by atoms with Crippen LogP contribution in [0, 0.1) is 0 Å². The number of rotatable bonds is 4. The maximum atomic E-state index is 5.38. The molecule has 0 spiro atoms. The molecule has 0 saturated carbocycles. The Bertz CT molecular complexity index is 1340. The van der Waals surface area contributed by atoms with E-state index < -0.39 is 0 Å². The third kappa shape index (κ3) is 12.6. The minimum atomic E-state index is 0. The summed E-state index contributed by atoms with van der Waals surface area (Å²) in [6, 6.07) is 45.4. The Labute approximate surface area is 317 Å². The van der Waals surface area contributed by atoms with Crippen LogP contribution in [0.3, 0.4) is 0 Å². The van der Waals surface area contributed by atoms with Crippen molar-refractivity contribution in [3.05, 3.63) is 149 Å². The molecule has 250 valence electrons. The largest absolute Gasteiger partial charge is 4.00 e. The number of halogens is 3. The zero-order valence-corrected chi connectivity index (χ0v) is 31.8. The van der Waals surface area contributed by atoms with Gasteiger partial charge in [0.25, 0.3) is 0 Å². The molecule has 0 N–H and O–H groups in total. The van der Waals surface area contributed by atoms with E-state index in [1.165, 1.54) is 22.3 Å². The van der Waals surface area contributed by atoms with Crippen LogP contribution >= 0.6 is 0 Å². The first-order valence-corrected chi connectivity index (χ1v) is 16.1. The summed E-state index contributed by atoms with van der Waals surface area (Å²) < 4.78 is 0. The van der Waals surface area contributed by atoms with Crippen molar-refractivity contribution in [2.75, 3.05) is 47.3 Å². The van der Waals surface area contributed by atoms with Gasteiger partial charge < -0.3 is 42.5 Å². The summed E-state index contributed by atoms with van der Waals surface area (Å²) in [6.45, 7) is 3.89. The topological polar surface area (TPSA) is 23.8 Å². The van der Waals surface area contributed by atoms with Gasteiger partial charge in [-0.05, 0) is 57.2 Å². The van der Waals surface area contributed by atoms with E-state index in [4.69, 9.17) is 5.32 Å². The molecule has 1 heterocycles. The van der Waals surface area contributed by atoms with Crippen LogP contribution in [0.4, 0.5) is 0 Å². The van der Waals surface area contributed by atoms with Crippen molar-refractivity contribution in [3.63, 3.8) is 0 Å². The van der Waals surface area contributed by atoms with Gasteiger partial charge in [-0.15, -0.1) is 12.6 Å². The van der Waals surface area contributed by atoms with Crippen molar-refractivity contribution in [3.8, 4) is 0 Å². The first kappa shape index (κ1) is 43.3. The molecule has 4 aromatic carbocycles. The Hall–Kier alpha value is -1.70. The molecular weight excluding hydrogens is 679 g/mol. The van der Waals surface area contributed by atoms with Crippen molar-refractivity contribution in [2.24, 2.45) is 0 Å². The summed E-state index contributed by atoms with van der Waals surface area (Å²) in [6.07, 6.45) is 4.18. The molecule has 0 bridgehead atoms. The standard InChI is InChI=1S/C39H49N4.3ClH.Ti/c1-41-29-25-36(32-16-8-4-9-17-32)40-28-24-37(33-18-10-5-11-19-33)42(2)30-26-39(35-22-14-7-15-23-35)43(3)31-27-38(41)34-20-12-6-13-21-34;;;;/h4-23,36-39H,24-31H2,1-3H3;3*1H;/q-1;;;;+4/p-3. The Morgan fingerprint density at radius 1 is 0.426 bits per heavy atom. The molecule has 4 nitrogen and oxygen atoms in total. The van der Waals surface area contributed by atoms with Crippen molar-refractivity contribution in [1.82, 2.24) is 14.7 Å². The molecule has 1 aliphatic rings. The van der Waals surface area contributed by atoms with Crippen LogP contribution in [-0.2, 0) is 21.7 Å². The molecule has 0 radical (unpaired) electrons. The minimum Gasteiger partial charge on any atom is -1.00 e. The maximum absolute atomic E-state index is 5.38. The summed E-state index contributed by atoms with van der Waals surface area (Å²) >= 11 is 0. The first-order chi connectivity index (χ1) is 21.1. The minimum absolute atomic E-state index is 0. The quantitative estimate of drug-likeness (QED) is 0.271. The van der Waals surface area contributed by atoms with Crippen molar-refractivity contribution in [2.45, 2.75) is 49.9 Å². The molecule has 0 amide bonds. The van der Waals surface area contributed by atoms with E-state index >= 15 is 0 Å². The van der Waals surface area contributed by atoms with Crippen LogP contribution in [0.2, 0.25) is 0 Å².